The number of aromatic nitrogens is 1. The van der Waals surface area contributed by atoms with Crippen molar-refractivity contribution in [2.24, 2.45) is 4.99 Å². The van der Waals surface area contributed by atoms with Crippen LogP contribution in [-0.4, -0.2) is 54.6 Å². The van der Waals surface area contributed by atoms with Crippen LogP contribution in [0.4, 0.5) is 0 Å². The van der Waals surface area contributed by atoms with Crippen LogP contribution in [0.15, 0.2) is 55.9 Å². The molecule has 0 amide bonds. The number of carboxylic acids is 1. The van der Waals surface area contributed by atoms with Crippen LogP contribution in [0.1, 0.15) is 51.8 Å². The van der Waals surface area contributed by atoms with Crippen molar-refractivity contribution in [2.75, 3.05) is 26.9 Å². The molecule has 0 fully saturated rings. The van der Waals surface area contributed by atoms with Crippen LogP contribution in [-0.2, 0) is 14.3 Å². The Hall–Kier alpha value is -4.10. The van der Waals surface area contributed by atoms with Gasteiger partial charge in [-0.2, -0.15) is 0 Å². The highest BCUT2D eigenvalue weighted by atomic mass is 79.9. The number of halogens is 1. The Labute approximate surface area is 266 Å². The van der Waals surface area contributed by atoms with E-state index >= 15 is 0 Å². The second kappa shape index (κ2) is 14.1. The third kappa shape index (κ3) is 6.99. The van der Waals surface area contributed by atoms with Gasteiger partial charge in [-0.05, 0) is 92.0 Å². The molecule has 0 spiro atoms. The average molecular weight is 690 g/mol. The normalized spacial score (nSPS) is 14.6. The summed E-state index contributed by atoms with van der Waals surface area (Å²) in [5.41, 5.74) is 1.53. The second-order valence-electron chi connectivity index (χ2n) is 9.82. The van der Waals surface area contributed by atoms with Gasteiger partial charge in [0, 0.05) is 0 Å². The number of fused-ring (bicyclic) bond motifs is 1. The first-order valence-corrected chi connectivity index (χ1v) is 15.4. The molecule has 234 valence electrons. The molecule has 44 heavy (non-hydrogen) atoms. The largest absolute Gasteiger partial charge is 0.493 e. The maximum absolute atomic E-state index is 14.1. The number of nitrogens with zero attached hydrogens (tertiary/aromatic N) is 2. The molecule has 0 aliphatic carbocycles. The number of benzene rings is 2. The molecule has 1 N–H and O–H groups in total. The van der Waals surface area contributed by atoms with Crippen molar-refractivity contribution in [3.05, 3.63) is 76.9 Å². The Balaban J connectivity index is 1.90. The van der Waals surface area contributed by atoms with Crippen molar-refractivity contribution in [1.29, 1.82) is 0 Å². The highest BCUT2D eigenvalue weighted by molar-refractivity contribution is 9.10. The zero-order valence-corrected chi connectivity index (χ0v) is 27.5. The minimum absolute atomic E-state index is 0.0919. The van der Waals surface area contributed by atoms with E-state index in [2.05, 4.69) is 20.9 Å². The van der Waals surface area contributed by atoms with Gasteiger partial charge in [0.05, 0.1) is 52.7 Å². The molecule has 0 saturated carbocycles. The Morgan fingerprint density at radius 2 is 1.86 bits per heavy atom. The summed E-state index contributed by atoms with van der Waals surface area (Å²) in [7, 11) is 1.53. The fourth-order valence-corrected chi connectivity index (χ4v) is 6.29. The predicted molar refractivity (Wildman–Crippen MR) is 168 cm³/mol. The number of hydrogen-bond donors (Lipinski definition) is 1. The van der Waals surface area contributed by atoms with Gasteiger partial charge < -0.3 is 28.8 Å². The summed E-state index contributed by atoms with van der Waals surface area (Å²) in [5.74, 6) is -0.163. The molecule has 11 nitrogen and oxygen atoms in total. The minimum atomic E-state index is -1.13. The monoisotopic (exact) mass is 688 g/mol. The first-order valence-electron chi connectivity index (χ1n) is 13.8. The molecule has 2 aromatic carbocycles. The third-order valence-corrected chi connectivity index (χ3v) is 7.92. The standard InChI is InChI=1S/C31H33BrN2O9S/c1-7-40-23-12-18(11-20(32)28(23)42-15-25(35)36)13-24-29(37)34-27(19-9-10-21(43-16(3)4)22(14-19)39-6)26(30(38)41-8-2)17(5)33-31(34)44-24/h9-14,16,27H,7-8,15H2,1-6H3,(H,35,36)/b24-13-/t27-/m0/s1. The van der Waals surface area contributed by atoms with E-state index in [9.17, 15) is 14.4 Å². The number of aliphatic carboxylic acids is 1. The van der Waals surface area contributed by atoms with E-state index in [1.807, 2.05) is 13.8 Å². The second-order valence-corrected chi connectivity index (χ2v) is 11.7. The Bertz CT molecular complexity index is 1790. The zero-order valence-electron chi connectivity index (χ0n) is 25.1. The number of esters is 1. The molecule has 1 aromatic heterocycles. The van der Waals surface area contributed by atoms with E-state index in [4.69, 9.17) is 28.8 Å². The van der Waals surface area contributed by atoms with Gasteiger partial charge in [0.15, 0.2) is 34.4 Å². The summed E-state index contributed by atoms with van der Waals surface area (Å²) >= 11 is 4.60. The molecule has 0 saturated heterocycles. The maximum atomic E-state index is 14.1. The van der Waals surface area contributed by atoms with E-state index in [1.165, 1.54) is 23.0 Å². The molecule has 13 heteroatoms. The molecule has 4 rings (SSSR count). The lowest BCUT2D eigenvalue weighted by Gasteiger charge is -2.25. The fraction of sp³-hybridized carbons (Fsp3) is 0.355. The summed E-state index contributed by atoms with van der Waals surface area (Å²) in [4.78, 5) is 43.4. The lowest BCUT2D eigenvalue weighted by atomic mass is 9.95. The van der Waals surface area contributed by atoms with Crippen molar-refractivity contribution in [2.45, 2.75) is 46.8 Å². The minimum Gasteiger partial charge on any atom is -0.493 e. The van der Waals surface area contributed by atoms with Gasteiger partial charge in [-0.15, -0.1) is 0 Å². The van der Waals surface area contributed by atoms with Crippen LogP contribution in [0.5, 0.6) is 23.0 Å². The highest BCUT2D eigenvalue weighted by Crippen LogP contribution is 2.38. The SMILES string of the molecule is CCOC(=O)C1=C(C)N=c2s/c(=C\c3cc(Br)c(OCC(=O)O)c(OCC)c3)c(=O)n2[C@H]1c1ccc(OC(C)C)c(OC)c1. The number of carboxylic acid groups (broad SMARTS) is 1. The molecule has 2 heterocycles. The van der Waals surface area contributed by atoms with Crippen molar-refractivity contribution < 1.29 is 38.4 Å². The van der Waals surface area contributed by atoms with Crippen LogP contribution in [0.3, 0.4) is 0 Å². The summed E-state index contributed by atoms with van der Waals surface area (Å²) in [6.07, 6.45) is 1.59. The Morgan fingerprint density at radius 1 is 1.11 bits per heavy atom. The number of allylic oxidation sites excluding steroid dienone is 1. The molecule has 1 aliphatic rings. The quantitative estimate of drug-likeness (QED) is 0.278. The van der Waals surface area contributed by atoms with Gasteiger partial charge in [0.25, 0.3) is 5.56 Å². The number of rotatable bonds is 12. The summed E-state index contributed by atoms with van der Waals surface area (Å²) in [6, 6.07) is 7.81. The molecule has 1 aliphatic heterocycles. The van der Waals surface area contributed by atoms with Gasteiger partial charge in [-0.1, -0.05) is 17.4 Å². The number of hydrogen-bond acceptors (Lipinski definition) is 10. The fourth-order valence-electron chi connectivity index (χ4n) is 4.67. The van der Waals surface area contributed by atoms with Crippen LogP contribution in [0, 0.1) is 0 Å². The summed E-state index contributed by atoms with van der Waals surface area (Å²) in [5, 5.41) is 9.05. The van der Waals surface area contributed by atoms with Crippen LogP contribution in [0.25, 0.3) is 6.08 Å². The first kappa shape index (κ1) is 32.8. The Morgan fingerprint density at radius 3 is 2.50 bits per heavy atom. The lowest BCUT2D eigenvalue weighted by molar-refractivity contribution is -0.140. The molecule has 3 aromatic rings. The van der Waals surface area contributed by atoms with Crippen molar-refractivity contribution in [1.82, 2.24) is 4.57 Å². The molecule has 0 unspecified atom stereocenters. The smallest absolute Gasteiger partial charge is 0.341 e. The molecular weight excluding hydrogens is 656 g/mol. The van der Waals surface area contributed by atoms with E-state index in [1.54, 1.807) is 57.2 Å². The molecule has 0 radical (unpaired) electrons. The van der Waals surface area contributed by atoms with Crippen molar-refractivity contribution >= 4 is 45.3 Å². The highest BCUT2D eigenvalue weighted by Gasteiger charge is 2.34. The van der Waals surface area contributed by atoms with Crippen molar-refractivity contribution in [3.8, 4) is 23.0 Å². The zero-order chi connectivity index (χ0) is 32.1. The number of thiazole rings is 1. The molecular formula is C31H33BrN2O9S. The van der Waals surface area contributed by atoms with Crippen LogP contribution < -0.4 is 33.8 Å². The maximum Gasteiger partial charge on any atom is 0.341 e. The molecule has 1 atom stereocenters. The summed E-state index contributed by atoms with van der Waals surface area (Å²) in [6.45, 7) is 8.94. The topological polar surface area (TPSA) is 135 Å². The average Bonchev–Trinajstić information content (AvgIpc) is 3.25. The summed E-state index contributed by atoms with van der Waals surface area (Å²) < 4.78 is 30.3. The van der Waals surface area contributed by atoms with Gasteiger partial charge in [-0.3, -0.25) is 9.36 Å². The van der Waals surface area contributed by atoms with E-state index in [0.717, 1.165) is 0 Å². The number of methoxy groups -OCH3 is 1. The van der Waals surface area contributed by atoms with Gasteiger partial charge >= 0.3 is 11.9 Å². The van der Waals surface area contributed by atoms with Gasteiger partial charge in [0.1, 0.15) is 0 Å². The van der Waals surface area contributed by atoms with Crippen molar-refractivity contribution in [3.63, 3.8) is 0 Å². The predicted octanol–water partition coefficient (Wildman–Crippen LogP) is 4.22. The lowest BCUT2D eigenvalue weighted by Crippen LogP contribution is -2.40. The van der Waals surface area contributed by atoms with Gasteiger partial charge in [0.2, 0.25) is 0 Å². The first-order chi connectivity index (χ1) is 21.0. The van der Waals surface area contributed by atoms with Crippen LogP contribution in [0.2, 0.25) is 0 Å². The van der Waals surface area contributed by atoms with Gasteiger partial charge in [-0.25, -0.2) is 14.6 Å². The number of carbonyl (C=O) groups is 2. The van der Waals surface area contributed by atoms with Crippen LogP contribution >= 0.6 is 27.3 Å². The number of ether oxygens (including phenoxy) is 5. The Kier molecular flexibility index (Phi) is 10.5. The number of carbonyl (C=O) groups excluding carboxylic acids is 1. The van der Waals surface area contributed by atoms with E-state index in [0.29, 0.717) is 54.5 Å². The third-order valence-electron chi connectivity index (χ3n) is 6.35. The van der Waals surface area contributed by atoms with E-state index < -0.39 is 24.6 Å². The van der Waals surface area contributed by atoms with E-state index in [-0.39, 0.29) is 29.6 Å². The molecule has 0 bridgehead atoms.